The Balaban J connectivity index is 2.59. The fourth-order valence-corrected chi connectivity index (χ4v) is 0.916. The maximum atomic E-state index is 10.9. The van der Waals surface area contributed by atoms with Gasteiger partial charge < -0.3 is 14.5 Å². The first-order chi connectivity index (χ1) is 6.13. The molecule has 1 aromatic heterocycles. The third-order valence-corrected chi connectivity index (χ3v) is 1.71. The molecule has 0 saturated carbocycles. The summed E-state index contributed by atoms with van der Waals surface area (Å²) in [5, 5.41) is 0. The maximum Gasteiger partial charge on any atom is 0.515 e. The lowest BCUT2D eigenvalue weighted by molar-refractivity contribution is 0.103. The summed E-state index contributed by atoms with van der Waals surface area (Å²) in [4.78, 5) is 13.8. The van der Waals surface area contributed by atoms with E-state index in [0.717, 1.165) is 11.3 Å². The van der Waals surface area contributed by atoms with E-state index in [-0.39, 0.29) is 0 Å². The van der Waals surface area contributed by atoms with E-state index in [2.05, 4.69) is 9.72 Å². The molecular weight excluding hydrogens is 170 g/mol. The van der Waals surface area contributed by atoms with Crippen LogP contribution in [0, 0.1) is 13.8 Å². The van der Waals surface area contributed by atoms with E-state index < -0.39 is 6.16 Å². The number of aromatic nitrogens is 1. The number of carbonyl (C=O) groups is 1. The second-order valence-electron chi connectivity index (χ2n) is 2.73. The van der Waals surface area contributed by atoms with Crippen molar-refractivity contribution < 1.29 is 14.3 Å². The Morgan fingerprint density at radius 2 is 2.23 bits per heavy atom. The first kappa shape index (κ1) is 9.64. The Morgan fingerprint density at radius 3 is 2.69 bits per heavy atom. The molecule has 4 heteroatoms. The van der Waals surface area contributed by atoms with Crippen LogP contribution in [0.3, 0.4) is 0 Å². The predicted molar refractivity (Wildman–Crippen MR) is 47.9 cm³/mol. The van der Waals surface area contributed by atoms with Crippen LogP contribution in [0.1, 0.15) is 18.2 Å². The van der Waals surface area contributed by atoms with Crippen molar-refractivity contribution in [2.75, 3.05) is 6.61 Å². The first-order valence-corrected chi connectivity index (χ1v) is 4.14. The number of hydrogen-bond acceptors (Lipinski definition) is 3. The molecule has 0 unspecified atom stereocenters. The standard InChI is InChI=1S/C9H13NO3/c1-4-12-9(11)13-8-5-6(2)7(3)10-8/h5,10H,4H2,1-3H3. The number of hydrogen-bond donors (Lipinski definition) is 1. The van der Waals surface area contributed by atoms with Crippen LogP contribution < -0.4 is 4.74 Å². The Morgan fingerprint density at radius 1 is 1.54 bits per heavy atom. The molecule has 0 radical (unpaired) electrons. The van der Waals surface area contributed by atoms with Gasteiger partial charge in [-0.1, -0.05) is 0 Å². The van der Waals surface area contributed by atoms with Gasteiger partial charge in [0, 0.05) is 11.8 Å². The van der Waals surface area contributed by atoms with Crippen molar-refractivity contribution in [1.82, 2.24) is 4.98 Å². The molecule has 0 aromatic carbocycles. The van der Waals surface area contributed by atoms with Crippen LogP contribution in [0.15, 0.2) is 6.07 Å². The average Bonchev–Trinajstić information content (AvgIpc) is 2.31. The summed E-state index contributed by atoms with van der Waals surface area (Å²) in [6.07, 6.45) is -0.677. The molecule has 0 fully saturated rings. The molecular formula is C9H13NO3. The highest BCUT2D eigenvalue weighted by Gasteiger charge is 2.07. The van der Waals surface area contributed by atoms with Gasteiger partial charge in [0.05, 0.1) is 6.61 Å². The molecule has 4 nitrogen and oxygen atoms in total. The molecule has 0 aliphatic carbocycles. The van der Waals surface area contributed by atoms with Gasteiger partial charge >= 0.3 is 6.16 Å². The average molecular weight is 183 g/mol. The number of H-pyrrole nitrogens is 1. The highest BCUT2D eigenvalue weighted by molar-refractivity contribution is 5.63. The van der Waals surface area contributed by atoms with Crippen LogP contribution in [0.25, 0.3) is 0 Å². The molecule has 1 aromatic rings. The van der Waals surface area contributed by atoms with Crippen molar-refractivity contribution in [2.24, 2.45) is 0 Å². The van der Waals surface area contributed by atoms with E-state index in [1.54, 1.807) is 13.0 Å². The zero-order chi connectivity index (χ0) is 9.84. The second-order valence-corrected chi connectivity index (χ2v) is 2.73. The summed E-state index contributed by atoms with van der Waals surface area (Å²) in [7, 11) is 0. The van der Waals surface area contributed by atoms with Crippen LogP contribution in [0.5, 0.6) is 5.88 Å². The fraction of sp³-hybridized carbons (Fsp3) is 0.444. The minimum Gasteiger partial charge on any atom is -0.434 e. The number of aryl methyl sites for hydroxylation is 2. The summed E-state index contributed by atoms with van der Waals surface area (Å²) in [6, 6.07) is 1.76. The minimum absolute atomic E-state index is 0.317. The molecule has 0 bridgehead atoms. The monoisotopic (exact) mass is 183 g/mol. The smallest absolute Gasteiger partial charge is 0.434 e. The highest BCUT2D eigenvalue weighted by Crippen LogP contribution is 2.15. The first-order valence-electron chi connectivity index (χ1n) is 4.14. The van der Waals surface area contributed by atoms with E-state index in [0.29, 0.717) is 12.5 Å². The molecule has 0 saturated heterocycles. The molecule has 13 heavy (non-hydrogen) atoms. The van der Waals surface area contributed by atoms with Crippen LogP contribution in [0.4, 0.5) is 4.79 Å². The van der Waals surface area contributed by atoms with Gasteiger partial charge in [-0.2, -0.15) is 0 Å². The third kappa shape index (κ3) is 2.50. The highest BCUT2D eigenvalue weighted by atomic mass is 16.7. The van der Waals surface area contributed by atoms with E-state index in [1.165, 1.54) is 0 Å². The topological polar surface area (TPSA) is 51.3 Å². The number of rotatable bonds is 2. The van der Waals surface area contributed by atoms with Crippen LogP contribution in [-0.2, 0) is 4.74 Å². The predicted octanol–water partition coefficient (Wildman–Crippen LogP) is 2.17. The van der Waals surface area contributed by atoms with Gasteiger partial charge in [-0.15, -0.1) is 0 Å². The summed E-state index contributed by atoms with van der Waals surface area (Å²) < 4.78 is 9.45. The molecule has 0 amide bonds. The molecule has 1 heterocycles. The zero-order valence-electron chi connectivity index (χ0n) is 8.01. The molecule has 72 valence electrons. The SMILES string of the molecule is CCOC(=O)Oc1cc(C)c(C)[nH]1. The van der Waals surface area contributed by atoms with Crippen LogP contribution in [-0.4, -0.2) is 17.7 Å². The number of nitrogens with one attached hydrogen (secondary N) is 1. The Kier molecular flexibility index (Phi) is 2.95. The minimum atomic E-state index is -0.677. The molecule has 0 spiro atoms. The van der Waals surface area contributed by atoms with Gasteiger partial charge in [0.15, 0.2) is 0 Å². The lowest BCUT2D eigenvalue weighted by Gasteiger charge is -2.00. The van der Waals surface area contributed by atoms with Crippen molar-refractivity contribution in [1.29, 1.82) is 0 Å². The largest absolute Gasteiger partial charge is 0.515 e. The normalized spacial score (nSPS) is 9.77. The molecule has 0 aliphatic rings. The molecule has 1 rings (SSSR count). The maximum absolute atomic E-state index is 10.9. The van der Waals surface area contributed by atoms with Crippen molar-refractivity contribution >= 4 is 6.16 Å². The number of ether oxygens (including phenoxy) is 2. The van der Waals surface area contributed by atoms with E-state index in [4.69, 9.17) is 4.74 Å². The Hall–Kier alpha value is -1.45. The van der Waals surface area contributed by atoms with Crippen molar-refractivity contribution in [3.05, 3.63) is 17.3 Å². The van der Waals surface area contributed by atoms with E-state index in [9.17, 15) is 4.79 Å². The van der Waals surface area contributed by atoms with Crippen molar-refractivity contribution in [3.63, 3.8) is 0 Å². The third-order valence-electron chi connectivity index (χ3n) is 1.71. The molecule has 1 N–H and O–H groups in total. The lowest BCUT2D eigenvalue weighted by Crippen LogP contribution is -2.10. The zero-order valence-corrected chi connectivity index (χ0v) is 8.01. The Bertz CT molecular complexity index is 284. The lowest BCUT2D eigenvalue weighted by atomic mass is 10.3. The van der Waals surface area contributed by atoms with Gasteiger partial charge in [-0.3, -0.25) is 0 Å². The molecule has 0 aliphatic heterocycles. The summed E-state index contributed by atoms with van der Waals surface area (Å²) >= 11 is 0. The van der Waals surface area contributed by atoms with Gasteiger partial charge in [0.25, 0.3) is 0 Å². The quantitative estimate of drug-likeness (QED) is 0.715. The van der Waals surface area contributed by atoms with E-state index in [1.807, 2.05) is 13.8 Å². The van der Waals surface area contributed by atoms with Crippen LogP contribution in [0.2, 0.25) is 0 Å². The van der Waals surface area contributed by atoms with Gasteiger partial charge in [-0.25, -0.2) is 4.79 Å². The van der Waals surface area contributed by atoms with Gasteiger partial charge in [0.1, 0.15) is 0 Å². The van der Waals surface area contributed by atoms with Crippen molar-refractivity contribution in [3.8, 4) is 5.88 Å². The van der Waals surface area contributed by atoms with E-state index >= 15 is 0 Å². The van der Waals surface area contributed by atoms with Crippen LogP contribution >= 0.6 is 0 Å². The fourth-order valence-electron chi connectivity index (χ4n) is 0.916. The summed E-state index contributed by atoms with van der Waals surface area (Å²) in [5.74, 6) is 0.424. The number of aromatic amines is 1. The molecule has 0 atom stereocenters. The van der Waals surface area contributed by atoms with Gasteiger partial charge in [0.2, 0.25) is 5.88 Å². The second kappa shape index (κ2) is 3.98. The van der Waals surface area contributed by atoms with Gasteiger partial charge in [-0.05, 0) is 26.3 Å². The van der Waals surface area contributed by atoms with Crippen molar-refractivity contribution in [2.45, 2.75) is 20.8 Å². The number of carbonyl (C=O) groups excluding carboxylic acids is 1. The summed E-state index contributed by atoms with van der Waals surface area (Å²) in [5.41, 5.74) is 2.04. The Labute approximate surface area is 76.9 Å². The summed E-state index contributed by atoms with van der Waals surface area (Å²) in [6.45, 7) is 5.89.